The summed E-state index contributed by atoms with van der Waals surface area (Å²) in [7, 11) is 0. The lowest BCUT2D eigenvalue weighted by atomic mass is 10.2. The fourth-order valence-corrected chi connectivity index (χ4v) is 2.91. The van der Waals surface area contributed by atoms with Crippen molar-refractivity contribution in [1.29, 1.82) is 0 Å². The Balaban J connectivity index is 1.49. The maximum Gasteiger partial charge on any atom is 0.260 e. The van der Waals surface area contributed by atoms with E-state index in [9.17, 15) is 9.59 Å². The van der Waals surface area contributed by atoms with Gasteiger partial charge in [-0.3, -0.25) is 9.59 Å². The molecule has 1 fully saturated rings. The number of benzene rings is 2. The smallest absolute Gasteiger partial charge is 0.260 e. The number of para-hydroxylation sites is 1. The summed E-state index contributed by atoms with van der Waals surface area (Å²) in [5.41, 5.74) is 0.569. The Kier molecular flexibility index (Phi) is 5.56. The molecule has 1 aliphatic heterocycles. The summed E-state index contributed by atoms with van der Waals surface area (Å²) in [6, 6.07) is 16.2. The van der Waals surface area contributed by atoms with Gasteiger partial charge < -0.3 is 14.5 Å². The molecule has 5 nitrogen and oxygen atoms in total. The van der Waals surface area contributed by atoms with E-state index in [0.717, 1.165) is 0 Å². The first-order valence-corrected chi connectivity index (χ1v) is 8.52. The number of halogens is 1. The molecule has 1 aliphatic rings. The highest BCUT2D eigenvalue weighted by molar-refractivity contribution is 6.30. The minimum Gasteiger partial charge on any atom is -0.484 e. The second kappa shape index (κ2) is 8.03. The summed E-state index contributed by atoms with van der Waals surface area (Å²) in [4.78, 5) is 28.2. The summed E-state index contributed by atoms with van der Waals surface area (Å²) in [6.45, 7) is 2.02. The fourth-order valence-electron chi connectivity index (χ4n) is 2.72. The van der Waals surface area contributed by atoms with Crippen LogP contribution < -0.4 is 4.74 Å². The highest BCUT2D eigenvalue weighted by Gasteiger charge is 2.25. The first-order valence-electron chi connectivity index (χ1n) is 8.14. The van der Waals surface area contributed by atoms with E-state index in [1.165, 1.54) is 0 Å². The number of carbonyl (C=O) groups is 2. The van der Waals surface area contributed by atoms with Crippen LogP contribution in [-0.2, 0) is 4.79 Å². The summed E-state index contributed by atoms with van der Waals surface area (Å²) < 4.78 is 5.49. The average molecular weight is 359 g/mol. The Bertz CT molecular complexity index is 743. The Morgan fingerprint density at radius 2 is 1.60 bits per heavy atom. The molecule has 1 heterocycles. The maximum atomic E-state index is 12.5. The zero-order chi connectivity index (χ0) is 17.6. The van der Waals surface area contributed by atoms with Crippen molar-refractivity contribution in [1.82, 2.24) is 9.80 Å². The minimum absolute atomic E-state index is 0.00620. The van der Waals surface area contributed by atoms with Gasteiger partial charge in [-0.2, -0.15) is 0 Å². The van der Waals surface area contributed by atoms with Crippen LogP contribution in [0.2, 0.25) is 5.02 Å². The first kappa shape index (κ1) is 17.3. The van der Waals surface area contributed by atoms with Crippen LogP contribution in [0.5, 0.6) is 5.75 Å². The van der Waals surface area contributed by atoms with Gasteiger partial charge in [0.15, 0.2) is 6.61 Å². The van der Waals surface area contributed by atoms with Crippen molar-refractivity contribution >= 4 is 23.4 Å². The minimum atomic E-state index is -0.0706. The van der Waals surface area contributed by atoms with Crippen molar-refractivity contribution in [2.45, 2.75) is 0 Å². The van der Waals surface area contributed by atoms with Crippen LogP contribution in [0, 0.1) is 0 Å². The molecular weight excluding hydrogens is 340 g/mol. The monoisotopic (exact) mass is 358 g/mol. The zero-order valence-electron chi connectivity index (χ0n) is 13.7. The van der Waals surface area contributed by atoms with Gasteiger partial charge in [-0.25, -0.2) is 0 Å². The van der Waals surface area contributed by atoms with Gasteiger partial charge in [-0.15, -0.1) is 0 Å². The Morgan fingerprint density at radius 1 is 0.920 bits per heavy atom. The van der Waals surface area contributed by atoms with Crippen LogP contribution in [-0.4, -0.2) is 54.4 Å². The second-order valence-corrected chi connectivity index (χ2v) is 6.22. The van der Waals surface area contributed by atoms with Crippen LogP contribution in [0.25, 0.3) is 0 Å². The van der Waals surface area contributed by atoms with Crippen molar-refractivity contribution in [2.75, 3.05) is 32.8 Å². The molecule has 3 rings (SSSR count). The van der Waals surface area contributed by atoms with E-state index in [0.29, 0.717) is 42.5 Å². The van der Waals surface area contributed by atoms with Gasteiger partial charge in [0.2, 0.25) is 0 Å². The third-order valence-electron chi connectivity index (χ3n) is 4.10. The van der Waals surface area contributed by atoms with Crippen LogP contribution in [0.1, 0.15) is 10.4 Å². The molecule has 0 spiro atoms. The molecule has 0 atom stereocenters. The molecule has 0 N–H and O–H groups in total. The summed E-state index contributed by atoms with van der Waals surface area (Å²) >= 11 is 5.94. The topological polar surface area (TPSA) is 49.9 Å². The Morgan fingerprint density at radius 3 is 2.28 bits per heavy atom. The van der Waals surface area contributed by atoms with Crippen LogP contribution >= 0.6 is 11.6 Å². The molecule has 0 bridgehead atoms. The van der Waals surface area contributed by atoms with Gasteiger partial charge in [0.25, 0.3) is 11.8 Å². The summed E-state index contributed by atoms with van der Waals surface area (Å²) in [5, 5.41) is 0.540. The molecule has 2 aromatic carbocycles. The first-order chi connectivity index (χ1) is 12.1. The highest BCUT2D eigenvalue weighted by Crippen LogP contribution is 2.14. The predicted molar refractivity (Wildman–Crippen MR) is 95.9 cm³/mol. The van der Waals surface area contributed by atoms with Crippen LogP contribution in [0.4, 0.5) is 0 Å². The van der Waals surface area contributed by atoms with E-state index >= 15 is 0 Å². The third-order valence-corrected chi connectivity index (χ3v) is 4.33. The highest BCUT2D eigenvalue weighted by atomic mass is 35.5. The van der Waals surface area contributed by atoms with Crippen molar-refractivity contribution < 1.29 is 14.3 Å². The van der Waals surface area contributed by atoms with Gasteiger partial charge in [0, 0.05) is 36.8 Å². The lowest BCUT2D eigenvalue weighted by Crippen LogP contribution is -2.51. The number of hydrogen-bond acceptors (Lipinski definition) is 3. The average Bonchev–Trinajstić information content (AvgIpc) is 2.66. The molecule has 6 heteroatoms. The Labute approximate surface area is 151 Å². The SMILES string of the molecule is O=C(COc1ccccc1)N1CCN(C(=O)c2cccc(Cl)c2)CC1. The van der Waals surface area contributed by atoms with Gasteiger partial charge in [0.05, 0.1) is 0 Å². The van der Waals surface area contributed by atoms with Gasteiger partial charge >= 0.3 is 0 Å². The normalized spacial score (nSPS) is 14.3. The molecule has 0 aliphatic carbocycles. The molecule has 0 unspecified atom stereocenters. The number of hydrogen-bond donors (Lipinski definition) is 0. The number of rotatable bonds is 4. The maximum absolute atomic E-state index is 12.5. The number of ether oxygens (including phenoxy) is 1. The largest absolute Gasteiger partial charge is 0.484 e. The van der Waals surface area contributed by atoms with E-state index in [1.807, 2.05) is 30.3 Å². The number of carbonyl (C=O) groups excluding carboxylic acids is 2. The Hall–Kier alpha value is -2.53. The molecule has 0 radical (unpaired) electrons. The number of nitrogens with zero attached hydrogens (tertiary/aromatic N) is 2. The number of amides is 2. The van der Waals surface area contributed by atoms with Crippen molar-refractivity contribution in [3.63, 3.8) is 0 Å². The standard InChI is InChI=1S/C19H19ClN2O3/c20-16-6-4-5-15(13-16)19(24)22-11-9-21(10-12-22)18(23)14-25-17-7-2-1-3-8-17/h1-8,13H,9-12,14H2. The summed E-state index contributed by atoms with van der Waals surface area (Å²) in [6.07, 6.45) is 0. The molecule has 0 aromatic heterocycles. The third kappa shape index (κ3) is 4.51. The second-order valence-electron chi connectivity index (χ2n) is 5.79. The molecule has 1 saturated heterocycles. The lowest BCUT2D eigenvalue weighted by Gasteiger charge is -2.34. The predicted octanol–water partition coefficient (Wildman–Crippen LogP) is 2.70. The van der Waals surface area contributed by atoms with Crippen LogP contribution in [0.15, 0.2) is 54.6 Å². The molecule has 0 saturated carbocycles. The van der Waals surface area contributed by atoms with E-state index in [-0.39, 0.29) is 18.4 Å². The van der Waals surface area contributed by atoms with E-state index in [2.05, 4.69) is 0 Å². The lowest BCUT2D eigenvalue weighted by molar-refractivity contribution is -0.134. The van der Waals surface area contributed by atoms with Gasteiger partial charge in [-0.1, -0.05) is 35.9 Å². The molecule has 2 aromatic rings. The van der Waals surface area contributed by atoms with Crippen LogP contribution in [0.3, 0.4) is 0 Å². The van der Waals surface area contributed by atoms with Gasteiger partial charge in [-0.05, 0) is 30.3 Å². The fraction of sp³-hybridized carbons (Fsp3) is 0.263. The van der Waals surface area contributed by atoms with E-state index < -0.39 is 0 Å². The molecule has 2 amide bonds. The number of piperazine rings is 1. The van der Waals surface area contributed by atoms with E-state index in [4.69, 9.17) is 16.3 Å². The van der Waals surface area contributed by atoms with Gasteiger partial charge in [0.1, 0.15) is 5.75 Å². The quantitative estimate of drug-likeness (QED) is 0.844. The van der Waals surface area contributed by atoms with Crippen molar-refractivity contribution in [2.24, 2.45) is 0 Å². The summed E-state index contributed by atoms with van der Waals surface area (Å²) in [5.74, 6) is 0.541. The van der Waals surface area contributed by atoms with Crippen molar-refractivity contribution in [3.05, 3.63) is 65.2 Å². The zero-order valence-corrected chi connectivity index (χ0v) is 14.5. The van der Waals surface area contributed by atoms with Crippen molar-refractivity contribution in [3.8, 4) is 5.75 Å². The molecule has 25 heavy (non-hydrogen) atoms. The van der Waals surface area contributed by atoms with E-state index in [1.54, 1.807) is 34.1 Å². The molecule has 130 valence electrons. The molecular formula is C19H19ClN2O3.